The summed E-state index contributed by atoms with van der Waals surface area (Å²) in [6.45, 7) is -0.707. The van der Waals surface area contributed by atoms with Crippen molar-refractivity contribution in [2.24, 2.45) is 0 Å². The summed E-state index contributed by atoms with van der Waals surface area (Å²) < 4.78 is 0. The zero-order valence-corrected chi connectivity index (χ0v) is 9.78. The number of non-ortho nitro benzene ring substituents is 1. The zero-order chi connectivity index (χ0) is 14.4. The van der Waals surface area contributed by atoms with Crippen LogP contribution in [-0.2, 0) is 16.0 Å². The number of benzene rings is 1. The Hall–Kier alpha value is -2.48. The second-order valence-electron chi connectivity index (χ2n) is 3.74. The average Bonchev–Trinajstić information content (AvgIpc) is 2.36. The summed E-state index contributed by atoms with van der Waals surface area (Å²) in [4.78, 5) is 31.9. The Morgan fingerprint density at radius 2 is 1.89 bits per heavy atom. The molecule has 102 valence electrons. The first-order valence-electron chi connectivity index (χ1n) is 5.30. The first-order valence-corrected chi connectivity index (χ1v) is 5.30. The molecule has 0 radical (unpaired) electrons. The van der Waals surface area contributed by atoms with E-state index in [-0.39, 0.29) is 12.1 Å². The number of carboxylic acids is 1. The number of aliphatic hydroxyl groups is 1. The van der Waals surface area contributed by atoms with Crippen LogP contribution in [0.3, 0.4) is 0 Å². The molecule has 19 heavy (non-hydrogen) atoms. The van der Waals surface area contributed by atoms with Gasteiger partial charge in [0.2, 0.25) is 5.91 Å². The Morgan fingerprint density at radius 3 is 2.32 bits per heavy atom. The van der Waals surface area contributed by atoms with E-state index in [4.69, 9.17) is 10.2 Å². The molecule has 0 saturated heterocycles. The van der Waals surface area contributed by atoms with Crippen molar-refractivity contribution < 1.29 is 24.7 Å². The van der Waals surface area contributed by atoms with Gasteiger partial charge in [-0.15, -0.1) is 0 Å². The van der Waals surface area contributed by atoms with Gasteiger partial charge in [-0.05, 0) is 5.56 Å². The van der Waals surface area contributed by atoms with Crippen molar-refractivity contribution in [3.8, 4) is 0 Å². The molecule has 1 unspecified atom stereocenters. The molecule has 1 atom stereocenters. The van der Waals surface area contributed by atoms with Gasteiger partial charge in [-0.25, -0.2) is 4.79 Å². The van der Waals surface area contributed by atoms with Gasteiger partial charge in [0, 0.05) is 12.1 Å². The maximum Gasteiger partial charge on any atom is 0.328 e. The fourth-order valence-corrected chi connectivity index (χ4v) is 1.35. The van der Waals surface area contributed by atoms with Gasteiger partial charge in [0.1, 0.15) is 6.04 Å². The van der Waals surface area contributed by atoms with E-state index in [9.17, 15) is 19.7 Å². The number of nitrogens with zero attached hydrogens (tertiary/aromatic N) is 1. The number of carbonyl (C=O) groups is 2. The molecule has 0 spiro atoms. The predicted octanol–water partition coefficient (Wildman–Crippen LogP) is -0.301. The van der Waals surface area contributed by atoms with E-state index in [0.29, 0.717) is 5.56 Å². The van der Waals surface area contributed by atoms with Gasteiger partial charge in [-0.1, -0.05) is 12.1 Å². The summed E-state index contributed by atoms with van der Waals surface area (Å²) in [5, 5.41) is 29.9. The molecule has 1 rings (SSSR count). The number of carboxylic acid groups (broad SMARTS) is 1. The van der Waals surface area contributed by atoms with Crippen LogP contribution in [0.25, 0.3) is 0 Å². The van der Waals surface area contributed by atoms with E-state index >= 15 is 0 Å². The summed E-state index contributed by atoms with van der Waals surface area (Å²) >= 11 is 0. The van der Waals surface area contributed by atoms with Crippen LogP contribution in [0.15, 0.2) is 24.3 Å². The third kappa shape index (κ3) is 4.36. The number of rotatable bonds is 6. The normalized spacial score (nSPS) is 11.6. The molecule has 0 bridgehead atoms. The van der Waals surface area contributed by atoms with Gasteiger partial charge >= 0.3 is 5.97 Å². The van der Waals surface area contributed by atoms with Crippen molar-refractivity contribution in [1.82, 2.24) is 5.32 Å². The van der Waals surface area contributed by atoms with Crippen molar-refractivity contribution in [2.45, 2.75) is 12.5 Å². The SMILES string of the molecule is O=C(Cc1ccc([N+](=O)[O-])cc1)NC(CO)C(=O)O. The molecular weight excluding hydrogens is 256 g/mol. The van der Waals surface area contributed by atoms with E-state index in [0.717, 1.165) is 0 Å². The average molecular weight is 268 g/mol. The van der Waals surface area contributed by atoms with E-state index in [1.165, 1.54) is 24.3 Å². The molecule has 0 fully saturated rings. The van der Waals surface area contributed by atoms with Gasteiger partial charge in [-0.3, -0.25) is 14.9 Å². The van der Waals surface area contributed by atoms with Gasteiger partial charge in [0.15, 0.2) is 0 Å². The first-order chi connectivity index (χ1) is 8.93. The highest BCUT2D eigenvalue weighted by Crippen LogP contribution is 2.12. The van der Waals surface area contributed by atoms with Crippen LogP contribution >= 0.6 is 0 Å². The van der Waals surface area contributed by atoms with Gasteiger partial charge < -0.3 is 15.5 Å². The Kier molecular flexibility index (Phi) is 4.95. The van der Waals surface area contributed by atoms with Gasteiger partial charge in [0.05, 0.1) is 18.0 Å². The second-order valence-corrected chi connectivity index (χ2v) is 3.74. The number of aliphatic hydroxyl groups excluding tert-OH is 1. The van der Waals surface area contributed by atoms with Crippen LogP contribution in [0.2, 0.25) is 0 Å². The highest BCUT2D eigenvalue weighted by atomic mass is 16.6. The molecule has 0 aliphatic carbocycles. The number of aliphatic carboxylic acids is 1. The quantitative estimate of drug-likeness (QED) is 0.479. The minimum absolute atomic E-state index is 0.0945. The molecule has 0 saturated carbocycles. The molecule has 1 aromatic carbocycles. The number of nitrogens with one attached hydrogen (secondary N) is 1. The maximum absolute atomic E-state index is 11.5. The molecule has 1 aromatic rings. The lowest BCUT2D eigenvalue weighted by Gasteiger charge is -2.11. The minimum atomic E-state index is -1.36. The summed E-state index contributed by atoms with van der Waals surface area (Å²) in [7, 11) is 0. The summed E-state index contributed by atoms with van der Waals surface area (Å²) in [5.74, 6) is -1.92. The topological polar surface area (TPSA) is 130 Å². The molecule has 8 nitrogen and oxygen atoms in total. The van der Waals surface area contributed by atoms with Crippen molar-refractivity contribution in [3.05, 3.63) is 39.9 Å². The highest BCUT2D eigenvalue weighted by molar-refractivity contribution is 5.84. The summed E-state index contributed by atoms with van der Waals surface area (Å²) in [6.07, 6.45) is -0.123. The van der Waals surface area contributed by atoms with E-state index in [2.05, 4.69) is 5.32 Å². The largest absolute Gasteiger partial charge is 0.480 e. The maximum atomic E-state index is 11.5. The number of carbonyl (C=O) groups excluding carboxylic acids is 1. The molecule has 0 heterocycles. The fraction of sp³-hybridized carbons (Fsp3) is 0.273. The lowest BCUT2D eigenvalue weighted by atomic mass is 10.1. The molecule has 0 aromatic heterocycles. The molecule has 0 aliphatic heterocycles. The molecule has 1 amide bonds. The number of nitro groups is 1. The molecule has 3 N–H and O–H groups in total. The number of hydrogen-bond donors (Lipinski definition) is 3. The number of hydrogen-bond acceptors (Lipinski definition) is 5. The smallest absolute Gasteiger partial charge is 0.328 e. The van der Waals surface area contributed by atoms with E-state index < -0.39 is 29.4 Å². The monoisotopic (exact) mass is 268 g/mol. The number of nitro benzene ring substituents is 1. The standard InChI is InChI=1S/C11H12N2O6/c14-6-9(11(16)17)12-10(15)5-7-1-3-8(4-2-7)13(18)19/h1-4,9,14H,5-6H2,(H,12,15)(H,16,17). The van der Waals surface area contributed by atoms with Crippen LogP contribution in [0.5, 0.6) is 0 Å². The van der Waals surface area contributed by atoms with E-state index in [1.807, 2.05) is 0 Å². The molecule has 8 heteroatoms. The summed E-state index contributed by atoms with van der Waals surface area (Å²) in [6, 6.07) is 3.97. The third-order valence-corrected chi connectivity index (χ3v) is 2.33. The Labute approximate surface area is 107 Å². The van der Waals surface area contributed by atoms with Crippen LogP contribution in [0.4, 0.5) is 5.69 Å². The third-order valence-electron chi connectivity index (χ3n) is 2.33. The zero-order valence-electron chi connectivity index (χ0n) is 9.78. The summed E-state index contributed by atoms with van der Waals surface area (Å²) in [5.41, 5.74) is 0.410. The predicted molar refractivity (Wildman–Crippen MR) is 63.5 cm³/mol. The van der Waals surface area contributed by atoms with Gasteiger partial charge in [-0.2, -0.15) is 0 Å². The minimum Gasteiger partial charge on any atom is -0.480 e. The van der Waals surface area contributed by atoms with Gasteiger partial charge in [0.25, 0.3) is 5.69 Å². The van der Waals surface area contributed by atoms with Crippen LogP contribution in [0, 0.1) is 10.1 Å². The Bertz CT molecular complexity index is 484. The van der Waals surface area contributed by atoms with Crippen molar-refractivity contribution in [3.63, 3.8) is 0 Å². The van der Waals surface area contributed by atoms with Crippen molar-refractivity contribution in [2.75, 3.05) is 6.61 Å². The Balaban J connectivity index is 2.61. The molecular formula is C11H12N2O6. The van der Waals surface area contributed by atoms with Crippen LogP contribution in [0.1, 0.15) is 5.56 Å². The highest BCUT2D eigenvalue weighted by Gasteiger charge is 2.18. The van der Waals surface area contributed by atoms with Crippen molar-refractivity contribution in [1.29, 1.82) is 0 Å². The Morgan fingerprint density at radius 1 is 1.32 bits per heavy atom. The lowest BCUT2D eigenvalue weighted by Crippen LogP contribution is -2.43. The second kappa shape index (κ2) is 6.45. The van der Waals surface area contributed by atoms with Crippen LogP contribution < -0.4 is 5.32 Å². The number of amides is 1. The van der Waals surface area contributed by atoms with E-state index in [1.54, 1.807) is 0 Å². The first kappa shape index (κ1) is 14.6. The molecule has 0 aliphatic rings. The van der Waals surface area contributed by atoms with Crippen LogP contribution in [-0.4, -0.2) is 39.7 Å². The fourth-order valence-electron chi connectivity index (χ4n) is 1.35. The van der Waals surface area contributed by atoms with Crippen molar-refractivity contribution >= 4 is 17.6 Å². The lowest BCUT2D eigenvalue weighted by molar-refractivity contribution is -0.384.